The predicted octanol–water partition coefficient (Wildman–Crippen LogP) is 2.66. The number of aryl methyl sites for hydroxylation is 2. The third-order valence-electron chi connectivity index (χ3n) is 4.43. The van der Waals surface area contributed by atoms with Gasteiger partial charge in [-0.25, -0.2) is 0 Å². The summed E-state index contributed by atoms with van der Waals surface area (Å²) in [5.41, 5.74) is 8.42. The lowest BCUT2D eigenvalue weighted by Gasteiger charge is -2.33. The Morgan fingerprint density at radius 3 is 2.40 bits per heavy atom. The molecule has 2 rings (SSSR count). The second-order valence-electron chi connectivity index (χ2n) is 6.06. The first kappa shape index (κ1) is 15.0. The van der Waals surface area contributed by atoms with Crippen molar-refractivity contribution in [3.05, 3.63) is 35.4 Å². The van der Waals surface area contributed by atoms with Gasteiger partial charge in [0, 0.05) is 25.6 Å². The first-order chi connectivity index (χ1) is 9.56. The van der Waals surface area contributed by atoms with Crippen molar-refractivity contribution in [1.82, 2.24) is 4.90 Å². The number of carbonyl (C=O) groups excluding carboxylic acids is 1. The van der Waals surface area contributed by atoms with Crippen LogP contribution in [0.15, 0.2) is 24.3 Å². The zero-order valence-corrected chi connectivity index (χ0v) is 12.6. The third kappa shape index (κ3) is 4.07. The maximum absolute atomic E-state index is 12.3. The molecule has 3 heteroatoms. The Balaban J connectivity index is 1.80. The van der Waals surface area contributed by atoms with Crippen LogP contribution in [-0.4, -0.2) is 29.9 Å². The minimum absolute atomic E-state index is 0.256. The summed E-state index contributed by atoms with van der Waals surface area (Å²) in [4.78, 5) is 14.2. The molecule has 0 heterocycles. The zero-order chi connectivity index (χ0) is 14.5. The van der Waals surface area contributed by atoms with Gasteiger partial charge in [-0.05, 0) is 44.6 Å². The molecule has 0 spiro atoms. The number of rotatable bonds is 4. The van der Waals surface area contributed by atoms with Crippen LogP contribution in [0.25, 0.3) is 0 Å². The molecule has 0 radical (unpaired) electrons. The van der Waals surface area contributed by atoms with Crippen LogP contribution in [0, 0.1) is 6.92 Å². The highest BCUT2D eigenvalue weighted by Gasteiger charge is 2.24. The van der Waals surface area contributed by atoms with E-state index in [1.165, 1.54) is 11.1 Å². The number of amides is 1. The summed E-state index contributed by atoms with van der Waals surface area (Å²) in [6, 6.07) is 9.16. The third-order valence-corrected chi connectivity index (χ3v) is 4.43. The molecule has 1 aliphatic rings. The van der Waals surface area contributed by atoms with Gasteiger partial charge in [-0.1, -0.05) is 29.8 Å². The first-order valence-corrected chi connectivity index (χ1v) is 7.63. The normalized spacial score (nSPS) is 22.6. The molecule has 0 unspecified atom stereocenters. The van der Waals surface area contributed by atoms with Gasteiger partial charge >= 0.3 is 0 Å². The van der Waals surface area contributed by atoms with Gasteiger partial charge in [-0.3, -0.25) is 4.79 Å². The molecule has 1 aliphatic carbocycles. The SMILES string of the molecule is Cc1ccc(CCC(=O)N(C)C2CCC(N)CC2)cc1. The van der Waals surface area contributed by atoms with Crippen molar-refractivity contribution in [1.29, 1.82) is 0 Å². The summed E-state index contributed by atoms with van der Waals surface area (Å²) in [6.45, 7) is 2.08. The van der Waals surface area contributed by atoms with Gasteiger partial charge in [0.05, 0.1) is 0 Å². The Hall–Kier alpha value is -1.35. The molecule has 2 N–H and O–H groups in total. The van der Waals surface area contributed by atoms with Gasteiger partial charge in [-0.2, -0.15) is 0 Å². The summed E-state index contributed by atoms with van der Waals surface area (Å²) >= 11 is 0. The van der Waals surface area contributed by atoms with Gasteiger partial charge < -0.3 is 10.6 Å². The Labute approximate surface area is 122 Å². The van der Waals surface area contributed by atoms with E-state index in [-0.39, 0.29) is 5.91 Å². The molecule has 0 aromatic heterocycles. The van der Waals surface area contributed by atoms with Crippen LogP contribution in [0.1, 0.15) is 43.2 Å². The Bertz CT molecular complexity index is 433. The summed E-state index contributed by atoms with van der Waals surface area (Å²) in [5.74, 6) is 0.256. The molecule has 0 atom stereocenters. The number of hydrogen-bond acceptors (Lipinski definition) is 2. The fraction of sp³-hybridized carbons (Fsp3) is 0.588. The lowest BCUT2D eigenvalue weighted by molar-refractivity contribution is -0.132. The van der Waals surface area contributed by atoms with Crippen molar-refractivity contribution in [3.8, 4) is 0 Å². The van der Waals surface area contributed by atoms with Crippen LogP contribution < -0.4 is 5.73 Å². The highest BCUT2D eigenvalue weighted by Crippen LogP contribution is 2.21. The minimum atomic E-state index is 0.256. The van der Waals surface area contributed by atoms with E-state index in [4.69, 9.17) is 5.73 Å². The van der Waals surface area contributed by atoms with Crippen LogP contribution in [0.4, 0.5) is 0 Å². The number of benzene rings is 1. The maximum Gasteiger partial charge on any atom is 0.222 e. The molecule has 1 amide bonds. The van der Waals surface area contributed by atoms with Crippen LogP contribution in [0.5, 0.6) is 0 Å². The molecule has 20 heavy (non-hydrogen) atoms. The number of carbonyl (C=O) groups is 1. The van der Waals surface area contributed by atoms with Crippen LogP contribution in [0.2, 0.25) is 0 Å². The van der Waals surface area contributed by atoms with Gasteiger partial charge in [0.1, 0.15) is 0 Å². The van der Waals surface area contributed by atoms with Gasteiger partial charge in [0.2, 0.25) is 5.91 Å². The minimum Gasteiger partial charge on any atom is -0.343 e. The van der Waals surface area contributed by atoms with Gasteiger partial charge in [0.25, 0.3) is 0 Å². The van der Waals surface area contributed by atoms with Crippen molar-refractivity contribution < 1.29 is 4.79 Å². The second-order valence-corrected chi connectivity index (χ2v) is 6.06. The van der Waals surface area contributed by atoms with Crippen LogP contribution in [0.3, 0.4) is 0 Å². The number of nitrogens with two attached hydrogens (primary N) is 1. The Morgan fingerprint density at radius 1 is 1.20 bits per heavy atom. The molecular weight excluding hydrogens is 248 g/mol. The van der Waals surface area contributed by atoms with E-state index in [2.05, 4.69) is 31.2 Å². The largest absolute Gasteiger partial charge is 0.343 e. The first-order valence-electron chi connectivity index (χ1n) is 7.63. The fourth-order valence-electron chi connectivity index (χ4n) is 2.87. The van der Waals surface area contributed by atoms with E-state index in [0.29, 0.717) is 18.5 Å². The van der Waals surface area contributed by atoms with Crippen LogP contribution in [-0.2, 0) is 11.2 Å². The number of nitrogens with zero attached hydrogens (tertiary/aromatic N) is 1. The van der Waals surface area contributed by atoms with E-state index in [9.17, 15) is 4.79 Å². The van der Waals surface area contributed by atoms with E-state index < -0.39 is 0 Å². The standard InChI is InChI=1S/C17H26N2O/c1-13-3-5-14(6-4-13)7-12-17(20)19(2)16-10-8-15(18)9-11-16/h3-6,15-16H,7-12,18H2,1-2H3. The molecular formula is C17H26N2O. The fourth-order valence-corrected chi connectivity index (χ4v) is 2.87. The van der Waals surface area contributed by atoms with Gasteiger partial charge in [0.15, 0.2) is 0 Å². The molecule has 1 aromatic carbocycles. The molecule has 0 saturated heterocycles. The van der Waals surface area contributed by atoms with Crippen molar-refractivity contribution in [2.75, 3.05) is 7.05 Å². The molecule has 0 bridgehead atoms. The van der Waals surface area contributed by atoms with Crippen LogP contribution >= 0.6 is 0 Å². The van der Waals surface area contributed by atoms with E-state index in [1.807, 2.05) is 11.9 Å². The van der Waals surface area contributed by atoms with Crippen molar-refractivity contribution in [3.63, 3.8) is 0 Å². The van der Waals surface area contributed by atoms with Gasteiger partial charge in [-0.15, -0.1) is 0 Å². The van der Waals surface area contributed by atoms with E-state index >= 15 is 0 Å². The lowest BCUT2D eigenvalue weighted by atomic mass is 9.91. The predicted molar refractivity (Wildman–Crippen MR) is 82.5 cm³/mol. The van der Waals surface area contributed by atoms with Crippen molar-refractivity contribution in [2.45, 2.75) is 57.5 Å². The molecule has 110 valence electrons. The Kier molecular flexibility index (Phi) is 5.18. The zero-order valence-electron chi connectivity index (χ0n) is 12.6. The lowest BCUT2D eigenvalue weighted by Crippen LogP contribution is -2.41. The highest BCUT2D eigenvalue weighted by molar-refractivity contribution is 5.76. The molecule has 1 fully saturated rings. The highest BCUT2D eigenvalue weighted by atomic mass is 16.2. The summed E-state index contributed by atoms with van der Waals surface area (Å²) < 4.78 is 0. The molecule has 3 nitrogen and oxygen atoms in total. The van der Waals surface area contributed by atoms with Crippen molar-refractivity contribution in [2.24, 2.45) is 5.73 Å². The molecule has 1 saturated carbocycles. The maximum atomic E-state index is 12.3. The van der Waals surface area contributed by atoms with Crippen molar-refractivity contribution >= 4 is 5.91 Å². The second kappa shape index (κ2) is 6.89. The number of hydrogen-bond donors (Lipinski definition) is 1. The summed E-state index contributed by atoms with van der Waals surface area (Å²) in [6.07, 6.45) is 5.61. The average molecular weight is 274 g/mol. The molecule has 1 aromatic rings. The molecule has 0 aliphatic heterocycles. The van der Waals surface area contributed by atoms with E-state index in [0.717, 1.165) is 32.1 Å². The average Bonchev–Trinajstić information content (AvgIpc) is 2.46. The Morgan fingerprint density at radius 2 is 1.80 bits per heavy atom. The topological polar surface area (TPSA) is 46.3 Å². The quantitative estimate of drug-likeness (QED) is 0.917. The smallest absolute Gasteiger partial charge is 0.222 e. The van der Waals surface area contributed by atoms with E-state index in [1.54, 1.807) is 0 Å². The monoisotopic (exact) mass is 274 g/mol. The summed E-state index contributed by atoms with van der Waals surface area (Å²) in [7, 11) is 1.94. The summed E-state index contributed by atoms with van der Waals surface area (Å²) in [5, 5.41) is 0.